The Morgan fingerprint density at radius 1 is 1.11 bits per heavy atom. The van der Waals surface area contributed by atoms with E-state index < -0.39 is 5.97 Å². The minimum absolute atomic E-state index is 0.0652. The maximum absolute atomic E-state index is 12.3. The second-order valence-corrected chi connectivity index (χ2v) is 9.22. The molecule has 9 heteroatoms. The second-order valence-electron chi connectivity index (χ2n) is 9.22. The van der Waals surface area contributed by atoms with Gasteiger partial charge in [-0.3, -0.25) is 9.48 Å². The average Bonchev–Trinajstić information content (AvgIpc) is 3.48. The number of nitrogens with one attached hydrogen (secondary N) is 1. The van der Waals surface area contributed by atoms with Gasteiger partial charge in [0.25, 0.3) is 0 Å². The molecule has 1 aliphatic carbocycles. The van der Waals surface area contributed by atoms with E-state index in [-0.39, 0.29) is 17.2 Å². The van der Waals surface area contributed by atoms with Crippen LogP contribution >= 0.6 is 0 Å². The highest BCUT2D eigenvalue weighted by Crippen LogP contribution is 2.42. The third kappa shape index (κ3) is 4.95. The number of fused-ring (bicyclic) bond motifs is 1. The summed E-state index contributed by atoms with van der Waals surface area (Å²) in [4.78, 5) is 24.0. The van der Waals surface area contributed by atoms with Gasteiger partial charge in [-0.05, 0) is 25.3 Å². The zero-order valence-corrected chi connectivity index (χ0v) is 19.8. The third-order valence-corrected chi connectivity index (χ3v) is 6.63. The molecule has 1 amide bonds. The molecule has 186 valence electrons. The third-order valence-electron chi connectivity index (χ3n) is 6.63. The largest absolute Gasteiger partial charge is 0.507 e. The topological polar surface area (TPSA) is 130 Å². The van der Waals surface area contributed by atoms with Gasteiger partial charge in [0, 0.05) is 36.0 Å². The number of hydrogen-bond acceptors (Lipinski definition) is 6. The van der Waals surface area contributed by atoms with Crippen molar-refractivity contribution in [3.8, 4) is 28.3 Å². The summed E-state index contributed by atoms with van der Waals surface area (Å²) in [6.07, 6.45) is 8.51. The number of carboxylic acid groups (broad SMARTS) is 1. The molecule has 1 saturated carbocycles. The standard InChI is InChI=1S/C27H28N4O5/c32-22-15-23-20(14-19(22)27(34)35)25(26(36-23)17-8-3-1-4-9-17)21-16-31(30-29-21)13-7-12-24(33)28-18-10-5-2-6-11-18/h1,3-4,8-9,14-16,18,32H,2,5-7,10-13H2,(H,28,33)(H,34,35). The minimum atomic E-state index is -1.24. The Labute approximate surface area is 207 Å². The number of aromatic carboxylic acids is 1. The van der Waals surface area contributed by atoms with Gasteiger partial charge in [0.15, 0.2) is 0 Å². The molecule has 36 heavy (non-hydrogen) atoms. The molecule has 9 nitrogen and oxygen atoms in total. The number of aromatic hydroxyl groups is 1. The SMILES string of the molecule is O=C(CCCn1cc(-c2c(-c3ccccc3)oc3cc(O)c(C(=O)O)cc23)nn1)NC1CCCCC1. The van der Waals surface area contributed by atoms with Crippen LogP contribution in [0.2, 0.25) is 0 Å². The van der Waals surface area contributed by atoms with Crippen LogP contribution in [0.4, 0.5) is 0 Å². The zero-order valence-electron chi connectivity index (χ0n) is 19.8. The fourth-order valence-electron chi connectivity index (χ4n) is 4.82. The van der Waals surface area contributed by atoms with Crippen molar-refractivity contribution >= 4 is 22.8 Å². The Morgan fingerprint density at radius 3 is 2.64 bits per heavy atom. The number of carbonyl (C=O) groups is 2. The quantitative estimate of drug-likeness (QED) is 0.318. The number of carbonyl (C=O) groups excluding carboxylic acids is 1. The van der Waals surface area contributed by atoms with Crippen molar-refractivity contribution in [3.63, 3.8) is 0 Å². The molecule has 5 rings (SSSR count). The van der Waals surface area contributed by atoms with Crippen LogP contribution in [0.5, 0.6) is 5.75 Å². The van der Waals surface area contributed by atoms with Gasteiger partial charge in [0.2, 0.25) is 5.91 Å². The van der Waals surface area contributed by atoms with E-state index in [1.54, 1.807) is 10.9 Å². The summed E-state index contributed by atoms with van der Waals surface area (Å²) in [7, 11) is 0. The van der Waals surface area contributed by atoms with Crippen LogP contribution in [0.1, 0.15) is 55.3 Å². The summed E-state index contributed by atoms with van der Waals surface area (Å²) in [5.41, 5.74) is 2.02. The van der Waals surface area contributed by atoms with E-state index in [0.717, 1.165) is 18.4 Å². The van der Waals surface area contributed by atoms with Crippen molar-refractivity contribution in [2.24, 2.45) is 0 Å². The molecule has 1 aliphatic rings. The molecule has 3 N–H and O–H groups in total. The van der Waals surface area contributed by atoms with Gasteiger partial charge in [0.1, 0.15) is 28.4 Å². The number of furan rings is 1. The molecule has 4 aromatic rings. The number of phenols is 1. The molecule has 0 unspecified atom stereocenters. The molecule has 2 aromatic carbocycles. The predicted molar refractivity (Wildman–Crippen MR) is 134 cm³/mol. The number of hydrogen-bond donors (Lipinski definition) is 3. The fraction of sp³-hybridized carbons (Fsp3) is 0.333. The molecule has 0 bridgehead atoms. The molecule has 1 fully saturated rings. The van der Waals surface area contributed by atoms with E-state index in [0.29, 0.717) is 53.4 Å². The van der Waals surface area contributed by atoms with Gasteiger partial charge in [-0.2, -0.15) is 0 Å². The van der Waals surface area contributed by atoms with Crippen LogP contribution in [0.25, 0.3) is 33.6 Å². The Kier molecular flexibility index (Phi) is 6.71. The molecule has 2 heterocycles. The van der Waals surface area contributed by atoms with E-state index in [9.17, 15) is 19.8 Å². The molecule has 0 aliphatic heterocycles. The van der Waals surface area contributed by atoms with E-state index in [1.807, 2.05) is 30.3 Å². The van der Waals surface area contributed by atoms with Gasteiger partial charge >= 0.3 is 5.97 Å². The molecule has 0 radical (unpaired) electrons. The van der Waals surface area contributed by atoms with Crippen molar-refractivity contribution in [2.45, 2.75) is 57.5 Å². The maximum Gasteiger partial charge on any atom is 0.339 e. The first-order valence-electron chi connectivity index (χ1n) is 12.3. The van der Waals surface area contributed by atoms with Crippen molar-refractivity contribution in [1.29, 1.82) is 0 Å². The summed E-state index contributed by atoms with van der Waals surface area (Å²) < 4.78 is 7.74. The highest BCUT2D eigenvalue weighted by molar-refractivity contribution is 6.05. The summed E-state index contributed by atoms with van der Waals surface area (Å²) >= 11 is 0. The summed E-state index contributed by atoms with van der Waals surface area (Å²) in [6.45, 7) is 0.517. The van der Waals surface area contributed by atoms with Gasteiger partial charge < -0.3 is 19.9 Å². The van der Waals surface area contributed by atoms with Crippen LogP contribution in [0, 0.1) is 0 Å². The Bertz CT molecular complexity index is 1390. The number of benzene rings is 2. The number of aryl methyl sites for hydroxylation is 1. The van der Waals surface area contributed by atoms with Crippen LogP contribution in [0.15, 0.2) is 53.1 Å². The molecule has 0 saturated heterocycles. The lowest BCUT2D eigenvalue weighted by molar-refractivity contribution is -0.122. The van der Waals surface area contributed by atoms with Crippen molar-refractivity contribution in [3.05, 3.63) is 54.2 Å². The van der Waals surface area contributed by atoms with Gasteiger partial charge in [-0.1, -0.05) is 54.8 Å². The lowest BCUT2D eigenvalue weighted by atomic mass is 9.95. The van der Waals surface area contributed by atoms with Gasteiger partial charge in [-0.15, -0.1) is 5.10 Å². The monoisotopic (exact) mass is 488 g/mol. The fourth-order valence-corrected chi connectivity index (χ4v) is 4.82. The van der Waals surface area contributed by atoms with Crippen LogP contribution in [0.3, 0.4) is 0 Å². The second kappa shape index (κ2) is 10.2. The smallest absolute Gasteiger partial charge is 0.339 e. The van der Waals surface area contributed by atoms with Crippen molar-refractivity contribution in [1.82, 2.24) is 20.3 Å². The Morgan fingerprint density at radius 2 is 1.89 bits per heavy atom. The number of rotatable bonds is 8. The highest BCUT2D eigenvalue weighted by Gasteiger charge is 2.23. The zero-order chi connectivity index (χ0) is 25.1. The number of amides is 1. The average molecular weight is 489 g/mol. The van der Waals surface area contributed by atoms with Crippen LogP contribution < -0.4 is 5.32 Å². The van der Waals surface area contributed by atoms with E-state index in [4.69, 9.17) is 4.42 Å². The number of aromatic nitrogens is 3. The maximum atomic E-state index is 12.3. The predicted octanol–water partition coefficient (Wildman–Crippen LogP) is 4.99. The van der Waals surface area contributed by atoms with E-state index >= 15 is 0 Å². The van der Waals surface area contributed by atoms with E-state index in [1.165, 1.54) is 31.4 Å². The summed E-state index contributed by atoms with van der Waals surface area (Å²) in [5, 5.41) is 31.9. The van der Waals surface area contributed by atoms with Crippen LogP contribution in [-0.2, 0) is 11.3 Å². The van der Waals surface area contributed by atoms with Crippen molar-refractivity contribution in [2.75, 3.05) is 0 Å². The van der Waals surface area contributed by atoms with Crippen LogP contribution in [-0.4, -0.2) is 43.1 Å². The molecule has 2 aromatic heterocycles. The first kappa shape index (κ1) is 23.6. The molecule has 0 atom stereocenters. The molecular weight excluding hydrogens is 460 g/mol. The number of carboxylic acids is 1. The lowest BCUT2D eigenvalue weighted by Gasteiger charge is -2.22. The van der Waals surface area contributed by atoms with Crippen molar-refractivity contribution < 1.29 is 24.2 Å². The molecule has 0 spiro atoms. The minimum Gasteiger partial charge on any atom is -0.507 e. The first-order chi connectivity index (χ1) is 17.5. The Balaban J connectivity index is 1.39. The summed E-state index contributed by atoms with van der Waals surface area (Å²) in [5.74, 6) is -1.04. The lowest BCUT2D eigenvalue weighted by Crippen LogP contribution is -2.36. The molecular formula is C27H28N4O5. The number of nitrogens with zero attached hydrogens (tertiary/aromatic N) is 3. The normalized spacial score (nSPS) is 14.2. The van der Waals surface area contributed by atoms with Gasteiger partial charge in [-0.25, -0.2) is 4.79 Å². The van der Waals surface area contributed by atoms with E-state index in [2.05, 4.69) is 15.6 Å². The summed E-state index contributed by atoms with van der Waals surface area (Å²) in [6, 6.07) is 12.4. The highest BCUT2D eigenvalue weighted by atomic mass is 16.4. The Hall–Kier alpha value is -4.14. The first-order valence-corrected chi connectivity index (χ1v) is 12.3. The van der Waals surface area contributed by atoms with Gasteiger partial charge in [0.05, 0.1) is 11.8 Å².